The Kier molecular flexibility index (Phi) is 2.65. The molecule has 1 aromatic rings. The van der Waals surface area contributed by atoms with Crippen molar-refractivity contribution in [1.29, 1.82) is 0 Å². The van der Waals surface area contributed by atoms with Crippen LogP contribution in [0.3, 0.4) is 0 Å². The lowest BCUT2D eigenvalue weighted by Gasteiger charge is -2.21. The first-order valence-corrected chi connectivity index (χ1v) is 6.80. The topological polar surface area (TPSA) is 73.0 Å². The molecule has 1 aromatic heterocycles. The highest BCUT2D eigenvalue weighted by Gasteiger charge is 2.25. The van der Waals surface area contributed by atoms with Crippen molar-refractivity contribution in [3.63, 3.8) is 0 Å². The molecule has 1 aliphatic heterocycles. The van der Waals surface area contributed by atoms with Crippen LogP contribution in [0.5, 0.6) is 0 Å². The molecule has 0 radical (unpaired) electrons. The number of rotatable bonds is 1. The van der Waals surface area contributed by atoms with Crippen molar-refractivity contribution in [1.82, 2.24) is 4.98 Å². The van der Waals surface area contributed by atoms with Crippen LogP contribution in [-0.4, -0.2) is 24.9 Å². The molecule has 0 spiro atoms. The highest BCUT2D eigenvalue weighted by atomic mass is 32.2. The van der Waals surface area contributed by atoms with E-state index in [2.05, 4.69) is 4.98 Å². The van der Waals surface area contributed by atoms with Gasteiger partial charge in [0.25, 0.3) is 0 Å². The molecule has 2 N–H and O–H groups in total. The first-order valence-electron chi connectivity index (χ1n) is 4.98. The Balaban J connectivity index is 2.24. The number of pyridine rings is 1. The monoisotopic (exact) mass is 226 g/mol. The second-order valence-electron chi connectivity index (χ2n) is 4.01. The Bertz CT molecular complexity index is 456. The minimum Gasteiger partial charge on any atom is -0.397 e. The zero-order chi connectivity index (χ0) is 10.9. The Labute approximate surface area is 89.4 Å². The molecule has 0 bridgehead atoms. The number of nitrogen functional groups attached to an aromatic ring is 1. The molecule has 1 fully saturated rings. The van der Waals surface area contributed by atoms with Crippen LogP contribution in [0.25, 0.3) is 0 Å². The van der Waals surface area contributed by atoms with Crippen molar-refractivity contribution in [2.75, 3.05) is 17.2 Å². The number of hydrogen-bond acceptors (Lipinski definition) is 4. The van der Waals surface area contributed by atoms with Gasteiger partial charge in [-0.05, 0) is 30.4 Å². The molecule has 0 aliphatic carbocycles. The predicted molar refractivity (Wildman–Crippen MR) is 59.3 cm³/mol. The largest absolute Gasteiger partial charge is 0.397 e. The van der Waals surface area contributed by atoms with Crippen LogP contribution in [0.1, 0.15) is 24.3 Å². The number of hydrogen-bond donors (Lipinski definition) is 1. The summed E-state index contributed by atoms with van der Waals surface area (Å²) in [7, 11) is -2.86. The number of sulfone groups is 1. The summed E-state index contributed by atoms with van der Waals surface area (Å²) >= 11 is 0. The molecule has 15 heavy (non-hydrogen) atoms. The van der Waals surface area contributed by atoms with Gasteiger partial charge in [0.1, 0.15) is 0 Å². The van der Waals surface area contributed by atoms with Gasteiger partial charge < -0.3 is 5.73 Å². The maximum Gasteiger partial charge on any atom is 0.150 e. The van der Waals surface area contributed by atoms with E-state index in [0.717, 1.165) is 18.4 Å². The van der Waals surface area contributed by atoms with Gasteiger partial charge in [-0.2, -0.15) is 0 Å². The van der Waals surface area contributed by atoms with Crippen LogP contribution < -0.4 is 5.73 Å². The molecule has 2 rings (SSSR count). The van der Waals surface area contributed by atoms with Crippen LogP contribution in [0, 0.1) is 0 Å². The van der Waals surface area contributed by atoms with Crippen molar-refractivity contribution in [2.45, 2.75) is 18.8 Å². The quantitative estimate of drug-likeness (QED) is 0.774. The molecular formula is C10H14N2O2S. The van der Waals surface area contributed by atoms with Crippen LogP contribution >= 0.6 is 0 Å². The second-order valence-corrected chi connectivity index (χ2v) is 6.23. The summed E-state index contributed by atoms with van der Waals surface area (Å²) in [6.07, 6.45) is 4.93. The summed E-state index contributed by atoms with van der Waals surface area (Å²) < 4.78 is 22.9. The van der Waals surface area contributed by atoms with E-state index < -0.39 is 9.84 Å². The summed E-state index contributed by atoms with van der Waals surface area (Å²) in [5, 5.41) is 0. The number of nitrogens with zero attached hydrogens (tertiary/aromatic N) is 1. The van der Waals surface area contributed by atoms with Crippen molar-refractivity contribution in [2.24, 2.45) is 0 Å². The molecule has 0 amide bonds. The molecule has 4 nitrogen and oxygen atoms in total. The first kappa shape index (κ1) is 10.4. The third-order valence-electron chi connectivity index (χ3n) is 2.71. The van der Waals surface area contributed by atoms with Crippen molar-refractivity contribution in [3.8, 4) is 0 Å². The number of nitrogens with two attached hydrogens (primary N) is 1. The smallest absolute Gasteiger partial charge is 0.150 e. The molecule has 0 saturated carbocycles. The fourth-order valence-electron chi connectivity index (χ4n) is 1.99. The van der Waals surface area contributed by atoms with Gasteiger partial charge in [-0.1, -0.05) is 0 Å². The van der Waals surface area contributed by atoms with E-state index in [1.54, 1.807) is 12.4 Å². The Morgan fingerprint density at radius 3 is 2.87 bits per heavy atom. The van der Waals surface area contributed by atoms with Gasteiger partial charge in [0, 0.05) is 12.4 Å². The fraction of sp³-hybridized carbons (Fsp3) is 0.500. The standard InChI is InChI=1S/C10H14N2O2S/c11-10-4-9(5-12-6-10)8-2-1-3-15(13,14)7-8/h4-6,8H,1-3,7,11H2. The summed E-state index contributed by atoms with van der Waals surface area (Å²) in [5.41, 5.74) is 7.16. The summed E-state index contributed by atoms with van der Waals surface area (Å²) in [4.78, 5) is 3.99. The third-order valence-corrected chi connectivity index (χ3v) is 4.54. The lowest BCUT2D eigenvalue weighted by molar-refractivity contribution is 0.554. The lowest BCUT2D eigenvalue weighted by atomic mass is 9.97. The van der Waals surface area contributed by atoms with Crippen molar-refractivity contribution >= 4 is 15.5 Å². The van der Waals surface area contributed by atoms with Gasteiger partial charge in [0.15, 0.2) is 9.84 Å². The van der Waals surface area contributed by atoms with Crippen LogP contribution in [-0.2, 0) is 9.84 Å². The fourth-order valence-corrected chi connectivity index (χ4v) is 3.73. The normalized spacial score (nSPS) is 24.9. The Morgan fingerprint density at radius 2 is 2.20 bits per heavy atom. The zero-order valence-corrected chi connectivity index (χ0v) is 9.20. The maximum absolute atomic E-state index is 11.5. The highest BCUT2D eigenvalue weighted by Crippen LogP contribution is 2.28. The van der Waals surface area contributed by atoms with E-state index in [4.69, 9.17) is 5.73 Å². The number of anilines is 1. The maximum atomic E-state index is 11.5. The molecule has 1 atom stereocenters. The van der Waals surface area contributed by atoms with Crippen molar-refractivity contribution < 1.29 is 8.42 Å². The van der Waals surface area contributed by atoms with E-state index in [0.29, 0.717) is 11.4 Å². The molecule has 0 aromatic carbocycles. The first-order chi connectivity index (χ1) is 7.07. The Morgan fingerprint density at radius 1 is 1.40 bits per heavy atom. The molecule has 5 heteroatoms. The van der Waals surface area contributed by atoms with E-state index in [1.807, 2.05) is 6.07 Å². The number of aromatic nitrogens is 1. The lowest BCUT2D eigenvalue weighted by Crippen LogP contribution is -2.23. The van der Waals surface area contributed by atoms with Crippen LogP contribution in [0.2, 0.25) is 0 Å². The minimum atomic E-state index is -2.86. The average Bonchev–Trinajstić information content (AvgIpc) is 2.16. The summed E-state index contributed by atoms with van der Waals surface area (Å²) in [5.74, 6) is 0.622. The SMILES string of the molecule is Nc1cncc(C2CCCS(=O)(=O)C2)c1. The van der Waals surface area contributed by atoms with Crippen LogP contribution in [0.4, 0.5) is 5.69 Å². The molecule has 82 valence electrons. The van der Waals surface area contributed by atoms with Crippen LogP contribution in [0.15, 0.2) is 18.5 Å². The zero-order valence-electron chi connectivity index (χ0n) is 8.39. The van der Waals surface area contributed by atoms with Crippen molar-refractivity contribution in [3.05, 3.63) is 24.0 Å². The molecule has 1 saturated heterocycles. The van der Waals surface area contributed by atoms with E-state index in [9.17, 15) is 8.42 Å². The average molecular weight is 226 g/mol. The molecule has 1 aliphatic rings. The van der Waals surface area contributed by atoms with Gasteiger partial charge in [0.2, 0.25) is 0 Å². The second kappa shape index (κ2) is 3.81. The predicted octanol–water partition coefficient (Wildman–Crippen LogP) is 0.956. The van der Waals surface area contributed by atoms with E-state index in [-0.39, 0.29) is 11.7 Å². The highest BCUT2D eigenvalue weighted by molar-refractivity contribution is 7.91. The van der Waals surface area contributed by atoms with E-state index >= 15 is 0 Å². The van der Waals surface area contributed by atoms with Gasteiger partial charge in [-0.15, -0.1) is 0 Å². The van der Waals surface area contributed by atoms with E-state index in [1.165, 1.54) is 0 Å². The summed E-state index contributed by atoms with van der Waals surface area (Å²) in [6.45, 7) is 0. The molecular weight excluding hydrogens is 212 g/mol. The van der Waals surface area contributed by atoms with Gasteiger partial charge in [-0.3, -0.25) is 4.98 Å². The van der Waals surface area contributed by atoms with Gasteiger partial charge >= 0.3 is 0 Å². The Hall–Kier alpha value is -1.10. The van der Waals surface area contributed by atoms with Gasteiger partial charge in [-0.25, -0.2) is 8.42 Å². The summed E-state index contributed by atoms with van der Waals surface area (Å²) in [6, 6.07) is 1.82. The minimum absolute atomic E-state index is 0.0692. The van der Waals surface area contributed by atoms with Gasteiger partial charge in [0.05, 0.1) is 17.2 Å². The molecule has 2 heterocycles. The molecule has 1 unspecified atom stereocenters. The third kappa shape index (κ3) is 2.47.